The van der Waals surface area contributed by atoms with Crippen LogP contribution in [0.1, 0.15) is 64.4 Å². The Morgan fingerprint density at radius 2 is 1.45 bits per heavy atom. The second-order valence-corrected chi connectivity index (χ2v) is 6.20. The van der Waals surface area contributed by atoms with E-state index in [1.807, 2.05) is 26.0 Å². The summed E-state index contributed by atoms with van der Waals surface area (Å²) in [6.45, 7) is 4.00. The van der Waals surface area contributed by atoms with Crippen LogP contribution in [0, 0.1) is 0 Å². The lowest BCUT2D eigenvalue weighted by Gasteiger charge is -2.41. The van der Waals surface area contributed by atoms with Crippen LogP contribution in [0.15, 0.2) is 47.7 Å². The van der Waals surface area contributed by atoms with Crippen molar-refractivity contribution in [1.29, 1.82) is 0 Å². The molecule has 0 spiro atoms. The monoisotopic (exact) mass is 298 g/mol. The summed E-state index contributed by atoms with van der Waals surface area (Å²) in [5, 5.41) is 0. The molecule has 0 bridgehead atoms. The van der Waals surface area contributed by atoms with Gasteiger partial charge in [0.25, 0.3) is 0 Å². The molecule has 0 aliphatic heterocycles. The lowest BCUT2D eigenvalue weighted by Crippen LogP contribution is -2.32. The molecule has 1 aromatic rings. The molecule has 1 aromatic carbocycles. The minimum atomic E-state index is 0.225. The van der Waals surface area contributed by atoms with E-state index in [1.165, 1.54) is 37.7 Å². The van der Waals surface area contributed by atoms with Crippen LogP contribution in [0.3, 0.4) is 0 Å². The lowest BCUT2D eigenvalue weighted by atomic mass is 9.63. The Hall–Kier alpha value is -1.70. The zero-order chi connectivity index (χ0) is 16.0. The smallest absolute Gasteiger partial charge is 0.0314 e. The molecule has 1 fully saturated rings. The van der Waals surface area contributed by atoms with Crippen LogP contribution in [-0.4, -0.2) is 0 Å². The summed E-state index contributed by atoms with van der Waals surface area (Å²) in [6, 6.07) is 8.53. The maximum atomic E-state index is 5.93. The van der Waals surface area contributed by atoms with Crippen LogP contribution in [0.2, 0.25) is 0 Å². The predicted molar refractivity (Wildman–Crippen MR) is 96.6 cm³/mol. The topological polar surface area (TPSA) is 52.0 Å². The first-order valence-corrected chi connectivity index (χ1v) is 8.72. The highest BCUT2D eigenvalue weighted by Crippen LogP contribution is 2.47. The van der Waals surface area contributed by atoms with Crippen molar-refractivity contribution in [3.05, 3.63) is 53.3 Å². The van der Waals surface area contributed by atoms with Crippen LogP contribution < -0.4 is 11.5 Å². The van der Waals surface area contributed by atoms with Gasteiger partial charge >= 0.3 is 0 Å². The summed E-state index contributed by atoms with van der Waals surface area (Å²) < 4.78 is 0. The molecule has 0 radical (unpaired) electrons. The van der Waals surface area contributed by atoms with Crippen molar-refractivity contribution in [2.24, 2.45) is 5.73 Å². The van der Waals surface area contributed by atoms with Gasteiger partial charge in [0, 0.05) is 16.8 Å². The Morgan fingerprint density at radius 3 is 2.00 bits per heavy atom. The molecule has 120 valence electrons. The van der Waals surface area contributed by atoms with Gasteiger partial charge < -0.3 is 11.5 Å². The summed E-state index contributed by atoms with van der Waals surface area (Å²) >= 11 is 0. The summed E-state index contributed by atoms with van der Waals surface area (Å²) in [5.74, 6) is 0. The standard InChI is InChI=1S/C18H24N2.C2H6/c19-16-8-4-14(5-9-16)18(12-2-1-3-13-18)15-6-10-17(20)11-7-15;1-2/h4-6,8-10H,1-3,7,11-13,19-20H2;1-2H3. The normalized spacial score (nSPS) is 20.3. The van der Waals surface area contributed by atoms with Crippen LogP contribution in [0.4, 0.5) is 5.69 Å². The Kier molecular flexibility index (Phi) is 5.70. The third-order valence-corrected chi connectivity index (χ3v) is 4.97. The average molecular weight is 298 g/mol. The first-order valence-electron chi connectivity index (χ1n) is 8.72. The Morgan fingerprint density at radius 1 is 0.818 bits per heavy atom. The first kappa shape index (κ1) is 16.7. The van der Waals surface area contributed by atoms with E-state index in [4.69, 9.17) is 11.5 Å². The predicted octanol–water partition coefficient (Wildman–Crippen LogP) is 5.06. The van der Waals surface area contributed by atoms with E-state index in [0.717, 1.165) is 24.2 Å². The molecule has 0 aromatic heterocycles. The number of rotatable bonds is 2. The van der Waals surface area contributed by atoms with E-state index in [9.17, 15) is 0 Å². The van der Waals surface area contributed by atoms with E-state index >= 15 is 0 Å². The molecule has 2 aliphatic carbocycles. The first-order chi connectivity index (χ1) is 10.7. The third kappa shape index (κ3) is 3.37. The number of nitrogen functional groups attached to an aromatic ring is 1. The SMILES string of the molecule is CC.NC1=CC=C(C2(c3ccc(N)cc3)CCCCC2)CC1. The summed E-state index contributed by atoms with van der Waals surface area (Å²) in [5.41, 5.74) is 16.9. The summed E-state index contributed by atoms with van der Waals surface area (Å²) in [7, 11) is 0. The molecule has 0 unspecified atom stereocenters. The summed E-state index contributed by atoms with van der Waals surface area (Å²) in [6.07, 6.45) is 13.0. The Balaban J connectivity index is 0.000000847. The fourth-order valence-electron chi connectivity index (χ4n) is 3.80. The van der Waals surface area contributed by atoms with E-state index in [1.54, 1.807) is 5.57 Å². The molecule has 0 atom stereocenters. The van der Waals surface area contributed by atoms with Crippen molar-refractivity contribution in [2.75, 3.05) is 5.73 Å². The van der Waals surface area contributed by atoms with Crippen LogP contribution in [0.5, 0.6) is 0 Å². The lowest BCUT2D eigenvalue weighted by molar-refractivity contribution is 0.331. The zero-order valence-corrected chi connectivity index (χ0v) is 14.1. The second kappa shape index (κ2) is 7.53. The van der Waals surface area contributed by atoms with Gasteiger partial charge in [0.1, 0.15) is 0 Å². The molecule has 2 heteroatoms. The largest absolute Gasteiger partial charge is 0.402 e. The van der Waals surface area contributed by atoms with Crippen LogP contribution >= 0.6 is 0 Å². The highest BCUT2D eigenvalue weighted by atomic mass is 14.6. The third-order valence-electron chi connectivity index (χ3n) is 4.97. The molecular formula is C20H30N2. The van der Waals surface area contributed by atoms with Crippen molar-refractivity contribution in [1.82, 2.24) is 0 Å². The molecule has 2 nitrogen and oxygen atoms in total. The van der Waals surface area contributed by atoms with E-state index in [-0.39, 0.29) is 5.41 Å². The van der Waals surface area contributed by atoms with Crippen molar-refractivity contribution < 1.29 is 0 Å². The fourth-order valence-corrected chi connectivity index (χ4v) is 3.80. The maximum Gasteiger partial charge on any atom is 0.0314 e. The van der Waals surface area contributed by atoms with Crippen molar-refractivity contribution >= 4 is 5.69 Å². The molecule has 22 heavy (non-hydrogen) atoms. The molecule has 2 aliphatic rings. The fraction of sp³-hybridized carbons (Fsp3) is 0.500. The van der Waals surface area contributed by atoms with Gasteiger partial charge in [0.15, 0.2) is 0 Å². The van der Waals surface area contributed by atoms with Gasteiger partial charge in [-0.1, -0.05) is 56.9 Å². The number of benzene rings is 1. The highest BCUT2D eigenvalue weighted by molar-refractivity contribution is 5.46. The number of allylic oxidation sites excluding steroid dienone is 4. The van der Waals surface area contributed by atoms with E-state index in [0.29, 0.717) is 0 Å². The van der Waals surface area contributed by atoms with Gasteiger partial charge in [-0.05, 0) is 49.5 Å². The van der Waals surface area contributed by atoms with Gasteiger partial charge in [0.05, 0.1) is 0 Å². The van der Waals surface area contributed by atoms with E-state index in [2.05, 4.69) is 24.3 Å². The van der Waals surface area contributed by atoms with Gasteiger partial charge in [-0.25, -0.2) is 0 Å². The minimum absolute atomic E-state index is 0.225. The van der Waals surface area contributed by atoms with Crippen molar-refractivity contribution in [3.8, 4) is 0 Å². The molecule has 3 rings (SSSR count). The Labute approximate surface area is 135 Å². The van der Waals surface area contributed by atoms with Crippen molar-refractivity contribution in [3.63, 3.8) is 0 Å². The van der Waals surface area contributed by atoms with Gasteiger partial charge in [0.2, 0.25) is 0 Å². The molecular weight excluding hydrogens is 268 g/mol. The minimum Gasteiger partial charge on any atom is -0.402 e. The maximum absolute atomic E-state index is 5.93. The highest BCUT2D eigenvalue weighted by Gasteiger charge is 2.37. The van der Waals surface area contributed by atoms with Gasteiger partial charge in [-0.15, -0.1) is 0 Å². The quantitative estimate of drug-likeness (QED) is 0.750. The number of hydrogen-bond donors (Lipinski definition) is 2. The number of anilines is 1. The van der Waals surface area contributed by atoms with Crippen LogP contribution in [0.25, 0.3) is 0 Å². The number of nitrogens with two attached hydrogens (primary N) is 2. The second-order valence-electron chi connectivity index (χ2n) is 6.20. The van der Waals surface area contributed by atoms with E-state index < -0.39 is 0 Å². The van der Waals surface area contributed by atoms with Gasteiger partial charge in [-0.2, -0.15) is 0 Å². The number of hydrogen-bond acceptors (Lipinski definition) is 2. The van der Waals surface area contributed by atoms with Crippen LogP contribution in [-0.2, 0) is 5.41 Å². The molecule has 0 saturated heterocycles. The zero-order valence-electron chi connectivity index (χ0n) is 14.1. The molecule has 4 N–H and O–H groups in total. The molecule has 0 amide bonds. The molecule has 0 heterocycles. The summed E-state index contributed by atoms with van der Waals surface area (Å²) in [4.78, 5) is 0. The molecule has 1 saturated carbocycles. The van der Waals surface area contributed by atoms with Crippen molar-refractivity contribution in [2.45, 2.75) is 64.2 Å². The average Bonchev–Trinajstić information content (AvgIpc) is 2.58. The van der Waals surface area contributed by atoms with Gasteiger partial charge in [-0.3, -0.25) is 0 Å². The Bertz CT molecular complexity index is 531.